The van der Waals surface area contributed by atoms with Crippen molar-refractivity contribution in [3.05, 3.63) is 81.7 Å². The van der Waals surface area contributed by atoms with E-state index in [1.165, 1.54) is 5.56 Å². The third kappa shape index (κ3) is 6.45. The molecular weight excluding hydrogens is 418 g/mol. The predicted octanol–water partition coefficient (Wildman–Crippen LogP) is 3.21. The van der Waals surface area contributed by atoms with Crippen molar-refractivity contribution in [2.75, 3.05) is 20.3 Å². The van der Waals surface area contributed by atoms with Crippen molar-refractivity contribution in [2.45, 2.75) is 33.4 Å². The molecular formula is C26H29N3O4. The average Bonchev–Trinajstić information content (AvgIpc) is 3.25. The van der Waals surface area contributed by atoms with Gasteiger partial charge in [-0.05, 0) is 61.2 Å². The molecule has 1 atom stereocenters. The fraction of sp³-hybridized carbons (Fsp3) is 0.308. The number of aryl methyl sites for hydroxylation is 3. The second-order valence-electron chi connectivity index (χ2n) is 7.81. The SMILES string of the molecule is COc1cc(C)c(CNCC(NC(=O)c2cc(C)on2)c2ccc(C#CCO)cc2)cc1C. The summed E-state index contributed by atoms with van der Waals surface area (Å²) in [6.45, 7) is 6.78. The topological polar surface area (TPSA) is 96.6 Å². The van der Waals surface area contributed by atoms with E-state index in [0.29, 0.717) is 18.8 Å². The average molecular weight is 448 g/mol. The van der Waals surface area contributed by atoms with E-state index in [2.05, 4.69) is 40.6 Å². The lowest BCUT2D eigenvalue weighted by Crippen LogP contribution is -2.35. The van der Waals surface area contributed by atoms with Gasteiger partial charge < -0.3 is 25.0 Å². The number of amides is 1. The number of aliphatic hydroxyl groups excluding tert-OH is 1. The molecule has 0 aliphatic heterocycles. The van der Waals surface area contributed by atoms with Gasteiger partial charge in [0.15, 0.2) is 5.69 Å². The summed E-state index contributed by atoms with van der Waals surface area (Å²) in [5.41, 5.74) is 5.33. The van der Waals surface area contributed by atoms with Gasteiger partial charge >= 0.3 is 0 Å². The number of nitrogens with zero attached hydrogens (tertiary/aromatic N) is 1. The number of carbonyl (C=O) groups is 1. The molecule has 2 aromatic carbocycles. The molecule has 0 saturated carbocycles. The van der Waals surface area contributed by atoms with Gasteiger partial charge in [0.05, 0.1) is 13.2 Å². The van der Waals surface area contributed by atoms with Crippen LogP contribution in [0.3, 0.4) is 0 Å². The number of nitrogens with one attached hydrogen (secondary N) is 2. The van der Waals surface area contributed by atoms with Crippen LogP contribution in [0.15, 0.2) is 47.0 Å². The maximum atomic E-state index is 12.7. The molecule has 0 bridgehead atoms. The number of aliphatic hydroxyl groups is 1. The van der Waals surface area contributed by atoms with E-state index in [4.69, 9.17) is 14.4 Å². The smallest absolute Gasteiger partial charge is 0.274 e. The summed E-state index contributed by atoms with van der Waals surface area (Å²) in [6.07, 6.45) is 0. The Kier molecular flexibility index (Phi) is 8.25. The summed E-state index contributed by atoms with van der Waals surface area (Å²) in [5, 5.41) is 19.2. The van der Waals surface area contributed by atoms with Crippen molar-refractivity contribution in [2.24, 2.45) is 0 Å². The Bertz CT molecular complexity index is 1160. The van der Waals surface area contributed by atoms with Gasteiger partial charge in [0.1, 0.15) is 18.1 Å². The first-order valence-corrected chi connectivity index (χ1v) is 10.7. The second-order valence-corrected chi connectivity index (χ2v) is 7.81. The van der Waals surface area contributed by atoms with Crippen LogP contribution in [0.4, 0.5) is 0 Å². The normalized spacial score (nSPS) is 11.4. The van der Waals surface area contributed by atoms with Crippen LogP contribution in [-0.2, 0) is 6.54 Å². The zero-order valence-corrected chi connectivity index (χ0v) is 19.4. The maximum absolute atomic E-state index is 12.7. The van der Waals surface area contributed by atoms with Crippen molar-refractivity contribution in [3.63, 3.8) is 0 Å². The minimum absolute atomic E-state index is 0.189. The first-order chi connectivity index (χ1) is 15.9. The zero-order valence-electron chi connectivity index (χ0n) is 19.4. The van der Waals surface area contributed by atoms with Crippen molar-refractivity contribution in [1.82, 2.24) is 15.8 Å². The Balaban J connectivity index is 1.75. The second kappa shape index (κ2) is 11.3. The minimum atomic E-state index is -0.306. The molecule has 0 aliphatic carbocycles. The quantitative estimate of drug-likeness (QED) is 0.459. The maximum Gasteiger partial charge on any atom is 0.274 e. The summed E-state index contributed by atoms with van der Waals surface area (Å²) in [4.78, 5) is 12.7. The molecule has 1 amide bonds. The van der Waals surface area contributed by atoms with Crippen LogP contribution < -0.4 is 15.4 Å². The Morgan fingerprint density at radius 3 is 2.55 bits per heavy atom. The van der Waals surface area contributed by atoms with Crippen LogP contribution in [0.1, 0.15) is 50.1 Å². The Hall–Kier alpha value is -3.60. The fourth-order valence-electron chi connectivity index (χ4n) is 3.51. The molecule has 1 aromatic heterocycles. The molecule has 0 saturated heterocycles. The van der Waals surface area contributed by atoms with Crippen molar-refractivity contribution < 1.29 is 19.2 Å². The van der Waals surface area contributed by atoms with Crippen molar-refractivity contribution in [1.29, 1.82) is 0 Å². The van der Waals surface area contributed by atoms with Gasteiger partial charge in [-0.15, -0.1) is 0 Å². The fourth-order valence-corrected chi connectivity index (χ4v) is 3.51. The standard InChI is InChI=1S/C26H29N3O4/c1-17-13-25(32-4)18(2)12-22(17)15-27-16-24(28-26(31)23-14-19(3)33-29-23)21-9-7-20(8-10-21)6-5-11-30/h7-10,12-14,24,27,30H,11,15-16H2,1-4H3,(H,28,31). The highest BCUT2D eigenvalue weighted by Crippen LogP contribution is 2.22. The van der Waals surface area contributed by atoms with E-state index in [-0.39, 0.29) is 24.2 Å². The van der Waals surface area contributed by atoms with Crippen LogP contribution in [0.2, 0.25) is 0 Å². The lowest BCUT2D eigenvalue weighted by molar-refractivity contribution is 0.0927. The number of hydrogen-bond acceptors (Lipinski definition) is 6. The van der Waals surface area contributed by atoms with Crippen molar-refractivity contribution in [3.8, 4) is 17.6 Å². The Morgan fingerprint density at radius 1 is 1.15 bits per heavy atom. The molecule has 1 heterocycles. The Labute approximate surface area is 194 Å². The number of rotatable bonds is 8. The van der Waals surface area contributed by atoms with Crippen LogP contribution in [0.25, 0.3) is 0 Å². The first kappa shape index (κ1) is 24.1. The molecule has 0 aliphatic rings. The van der Waals surface area contributed by atoms with E-state index in [9.17, 15) is 4.79 Å². The largest absolute Gasteiger partial charge is 0.496 e. The molecule has 7 heteroatoms. The van der Waals surface area contributed by atoms with Crippen LogP contribution in [0.5, 0.6) is 5.75 Å². The third-order valence-electron chi connectivity index (χ3n) is 5.31. The summed E-state index contributed by atoms with van der Waals surface area (Å²) in [5.74, 6) is 6.65. The monoisotopic (exact) mass is 447 g/mol. The van der Waals surface area contributed by atoms with Gasteiger partial charge in [-0.25, -0.2) is 0 Å². The molecule has 172 valence electrons. The molecule has 0 spiro atoms. The first-order valence-electron chi connectivity index (χ1n) is 10.7. The number of hydrogen-bond donors (Lipinski definition) is 3. The molecule has 33 heavy (non-hydrogen) atoms. The van der Waals surface area contributed by atoms with Crippen LogP contribution >= 0.6 is 0 Å². The van der Waals surface area contributed by atoms with Gasteiger partial charge in [-0.3, -0.25) is 4.79 Å². The lowest BCUT2D eigenvalue weighted by atomic mass is 10.0. The van der Waals surface area contributed by atoms with Gasteiger partial charge in [0.25, 0.3) is 5.91 Å². The predicted molar refractivity (Wildman–Crippen MR) is 126 cm³/mol. The number of ether oxygens (including phenoxy) is 1. The van der Waals surface area contributed by atoms with E-state index in [1.54, 1.807) is 20.1 Å². The number of aromatic nitrogens is 1. The van der Waals surface area contributed by atoms with Gasteiger partial charge in [-0.1, -0.05) is 35.2 Å². The molecule has 0 fully saturated rings. The lowest BCUT2D eigenvalue weighted by Gasteiger charge is -2.20. The highest BCUT2D eigenvalue weighted by Gasteiger charge is 2.18. The molecule has 0 radical (unpaired) electrons. The van der Waals surface area contributed by atoms with Crippen LogP contribution in [-0.4, -0.2) is 36.4 Å². The summed E-state index contributed by atoms with van der Waals surface area (Å²) in [6, 6.07) is 13.0. The molecule has 7 nitrogen and oxygen atoms in total. The molecule has 3 aromatic rings. The zero-order chi connectivity index (χ0) is 23.8. The van der Waals surface area contributed by atoms with Crippen LogP contribution in [0, 0.1) is 32.6 Å². The highest BCUT2D eigenvalue weighted by atomic mass is 16.5. The number of benzene rings is 2. The third-order valence-corrected chi connectivity index (χ3v) is 5.31. The summed E-state index contributed by atoms with van der Waals surface area (Å²) < 4.78 is 10.4. The minimum Gasteiger partial charge on any atom is -0.496 e. The van der Waals surface area contributed by atoms with Gasteiger partial charge in [0, 0.05) is 24.7 Å². The summed E-state index contributed by atoms with van der Waals surface area (Å²) >= 11 is 0. The van der Waals surface area contributed by atoms with E-state index >= 15 is 0 Å². The molecule has 1 unspecified atom stereocenters. The molecule has 3 rings (SSSR count). The van der Waals surface area contributed by atoms with E-state index in [1.807, 2.05) is 37.3 Å². The van der Waals surface area contributed by atoms with E-state index in [0.717, 1.165) is 28.0 Å². The van der Waals surface area contributed by atoms with Gasteiger partial charge in [-0.2, -0.15) is 0 Å². The van der Waals surface area contributed by atoms with Gasteiger partial charge in [0.2, 0.25) is 0 Å². The summed E-state index contributed by atoms with van der Waals surface area (Å²) in [7, 11) is 1.67. The van der Waals surface area contributed by atoms with E-state index < -0.39 is 0 Å². The number of carbonyl (C=O) groups excluding carboxylic acids is 1. The molecule has 3 N–H and O–H groups in total. The Morgan fingerprint density at radius 2 is 1.91 bits per heavy atom. The number of methoxy groups -OCH3 is 1. The van der Waals surface area contributed by atoms with Crippen molar-refractivity contribution >= 4 is 5.91 Å². The highest BCUT2D eigenvalue weighted by molar-refractivity contribution is 5.92.